The standard InChI is InChI=1S/C17H17N3.Ir/c1-2-9-16-18-17(14-10-5-3-6-11-14)20(19-16)15-12-7-4-8-13-15;/h3-8,10-12,17H,2,9H2,1H3;. The van der Waals surface area contributed by atoms with Crippen LogP contribution in [0, 0.1) is 6.07 Å². The van der Waals surface area contributed by atoms with Crippen molar-refractivity contribution in [2.24, 2.45) is 10.1 Å². The Bertz CT molecular complexity index is 636. The summed E-state index contributed by atoms with van der Waals surface area (Å²) < 4.78 is 1.96. The van der Waals surface area contributed by atoms with E-state index in [1.165, 1.54) is 0 Å². The third-order valence-electron chi connectivity index (χ3n) is 3.24. The van der Waals surface area contributed by atoms with Crippen molar-refractivity contribution in [3.8, 4) is 0 Å². The van der Waals surface area contributed by atoms with Crippen molar-refractivity contribution in [2.75, 3.05) is 0 Å². The number of rotatable bonds is 4. The first-order chi connectivity index (χ1) is 9.88. The maximum Gasteiger partial charge on any atom is 0.302 e. The second-order valence-electron chi connectivity index (χ2n) is 4.77. The second kappa shape index (κ2) is 7.39. The van der Waals surface area contributed by atoms with Crippen molar-refractivity contribution >= 4 is 11.5 Å². The van der Waals surface area contributed by atoms with E-state index in [-0.39, 0.29) is 26.3 Å². The summed E-state index contributed by atoms with van der Waals surface area (Å²) >= 11 is 0. The van der Waals surface area contributed by atoms with Crippen LogP contribution >= 0.6 is 0 Å². The van der Waals surface area contributed by atoms with Crippen molar-refractivity contribution in [3.63, 3.8) is 0 Å². The maximum atomic E-state index is 4.76. The van der Waals surface area contributed by atoms with Crippen molar-refractivity contribution in [3.05, 3.63) is 66.2 Å². The largest absolute Gasteiger partial charge is 0.302 e. The molecule has 1 radical (unpaired) electrons. The molecule has 1 unspecified atom stereocenters. The molecule has 21 heavy (non-hydrogen) atoms. The van der Waals surface area contributed by atoms with Crippen LogP contribution in [0.4, 0.5) is 5.69 Å². The molecule has 0 N–H and O–H groups in total. The van der Waals surface area contributed by atoms with Crippen molar-refractivity contribution in [1.82, 2.24) is 0 Å². The summed E-state index contributed by atoms with van der Waals surface area (Å²) in [6.07, 6.45) is 1.89. The molecule has 109 valence electrons. The summed E-state index contributed by atoms with van der Waals surface area (Å²) in [5, 5.41) is 4.66. The Balaban J connectivity index is 0.00000161. The van der Waals surface area contributed by atoms with Crippen LogP contribution in [0.1, 0.15) is 31.5 Å². The van der Waals surface area contributed by atoms with E-state index >= 15 is 0 Å². The molecule has 0 amide bonds. The Hall–Kier alpha value is -1.64. The van der Waals surface area contributed by atoms with Crippen LogP contribution < -0.4 is 0 Å². The minimum absolute atomic E-state index is 0. The molecule has 2 aromatic rings. The fourth-order valence-corrected chi connectivity index (χ4v) is 2.29. The monoisotopic (exact) mass is 456 g/mol. The van der Waals surface area contributed by atoms with Crippen LogP contribution in [0.3, 0.4) is 0 Å². The van der Waals surface area contributed by atoms with E-state index in [0.717, 1.165) is 29.9 Å². The molecule has 2 aromatic carbocycles. The third-order valence-corrected chi connectivity index (χ3v) is 3.24. The first-order valence-electron chi connectivity index (χ1n) is 6.97. The van der Waals surface area contributed by atoms with Crippen molar-refractivity contribution in [2.45, 2.75) is 25.9 Å². The first-order valence-corrected chi connectivity index (χ1v) is 6.97. The van der Waals surface area contributed by atoms with Crippen molar-refractivity contribution in [1.29, 1.82) is 0 Å². The van der Waals surface area contributed by atoms with Gasteiger partial charge >= 0.3 is 6.17 Å². The Morgan fingerprint density at radius 2 is 1.86 bits per heavy atom. The van der Waals surface area contributed by atoms with Gasteiger partial charge in [-0.1, -0.05) is 48.0 Å². The molecule has 0 bridgehead atoms. The predicted molar refractivity (Wildman–Crippen MR) is 79.2 cm³/mol. The molecule has 1 aliphatic heterocycles. The minimum atomic E-state index is -0.0728. The fraction of sp³-hybridized carbons (Fsp3) is 0.235. The number of benzene rings is 2. The van der Waals surface area contributed by atoms with Crippen LogP contribution in [0.5, 0.6) is 0 Å². The van der Waals surface area contributed by atoms with Crippen LogP contribution in [0.25, 0.3) is 0 Å². The van der Waals surface area contributed by atoms with E-state index in [2.05, 4.69) is 30.2 Å². The summed E-state index contributed by atoms with van der Waals surface area (Å²) in [5.41, 5.74) is 2.11. The molecule has 4 heteroatoms. The zero-order chi connectivity index (χ0) is 13.8. The molecule has 3 rings (SSSR count). The molecular formula is C17H17IrN3. The van der Waals surface area contributed by atoms with Gasteiger partial charge in [-0.15, -0.1) is 6.07 Å². The molecule has 0 fully saturated rings. The van der Waals surface area contributed by atoms with E-state index in [4.69, 9.17) is 4.99 Å². The predicted octanol–water partition coefficient (Wildman–Crippen LogP) is 4.49. The van der Waals surface area contributed by atoms with E-state index < -0.39 is 0 Å². The van der Waals surface area contributed by atoms with Gasteiger partial charge in [-0.25, -0.2) is 0 Å². The van der Waals surface area contributed by atoms with Gasteiger partial charge in [0, 0.05) is 37.2 Å². The first kappa shape index (κ1) is 15.7. The molecule has 0 spiro atoms. The molecule has 3 nitrogen and oxygen atoms in total. The topological polar surface area (TPSA) is 27.7 Å². The second-order valence-corrected chi connectivity index (χ2v) is 4.77. The average molecular weight is 456 g/mol. The normalized spacial score (nSPS) is 16.9. The molecule has 1 aliphatic rings. The number of azo groups is 2. The molecule has 0 aliphatic carbocycles. The molecule has 0 aromatic heterocycles. The summed E-state index contributed by atoms with van der Waals surface area (Å²) in [6.45, 7) is 2.15. The average Bonchev–Trinajstić information content (AvgIpc) is 2.93. The fourth-order valence-electron chi connectivity index (χ4n) is 2.29. The Labute approximate surface area is 138 Å². The zero-order valence-electron chi connectivity index (χ0n) is 11.9. The van der Waals surface area contributed by atoms with Gasteiger partial charge in [-0.3, -0.25) is 0 Å². The smallest absolute Gasteiger partial charge is 0.189 e. The third kappa shape index (κ3) is 3.52. The molecule has 0 saturated heterocycles. The molecule has 1 heterocycles. The van der Waals surface area contributed by atoms with Crippen LogP contribution in [0.15, 0.2) is 64.7 Å². The summed E-state index contributed by atoms with van der Waals surface area (Å²) in [4.78, 5) is 4.76. The SMILES string of the molecule is CCCC1=NC(c2ccccc2)[N+](c2[c-]cccc2)=N1.[Ir]. The van der Waals surface area contributed by atoms with E-state index in [1.54, 1.807) is 0 Å². The van der Waals surface area contributed by atoms with E-state index in [0.29, 0.717) is 0 Å². The van der Waals surface area contributed by atoms with Gasteiger partial charge in [0.15, 0.2) is 5.84 Å². The zero-order valence-corrected chi connectivity index (χ0v) is 14.3. The minimum Gasteiger partial charge on any atom is -0.189 e. The number of nitrogens with zero attached hydrogens (tertiary/aromatic N) is 3. The van der Waals surface area contributed by atoms with E-state index in [1.807, 2.05) is 47.2 Å². The number of amidine groups is 1. The maximum absolute atomic E-state index is 4.76. The van der Waals surface area contributed by atoms with Gasteiger partial charge in [0.1, 0.15) is 5.69 Å². The molecule has 1 atom stereocenters. The number of hydrogen-bond donors (Lipinski definition) is 0. The molecule has 0 saturated carbocycles. The van der Waals surface area contributed by atoms with Gasteiger partial charge in [0.2, 0.25) is 0 Å². The Morgan fingerprint density at radius 1 is 1.10 bits per heavy atom. The van der Waals surface area contributed by atoms with Crippen LogP contribution in [-0.4, -0.2) is 10.5 Å². The quantitative estimate of drug-likeness (QED) is 0.480. The number of para-hydroxylation sites is 1. The van der Waals surface area contributed by atoms with Gasteiger partial charge in [0.25, 0.3) is 0 Å². The van der Waals surface area contributed by atoms with Gasteiger partial charge < -0.3 is 0 Å². The summed E-state index contributed by atoms with van der Waals surface area (Å²) in [5.74, 6) is 0.915. The Morgan fingerprint density at radius 3 is 2.52 bits per heavy atom. The van der Waals surface area contributed by atoms with Crippen LogP contribution in [-0.2, 0) is 20.1 Å². The van der Waals surface area contributed by atoms with Crippen LogP contribution in [0.2, 0.25) is 0 Å². The Kier molecular flexibility index (Phi) is 5.54. The van der Waals surface area contributed by atoms with Gasteiger partial charge in [-0.2, -0.15) is 23.2 Å². The van der Waals surface area contributed by atoms with E-state index in [9.17, 15) is 0 Å². The summed E-state index contributed by atoms with van der Waals surface area (Å²) in [6, 6.07) is 21.4. The molecular weight excluding hydrogens is 438 g/mol. The van der Waals surface area contributed by atoms with Crippen molar-refractivity contribution < 1.29 is 24.8 Å². The summed E-state index contributed by atoms with van der Waals surface area (Å²) in [7, 11) is 0. The van der Waals surface area contributed by atoms with Gasteiger partial charge in [-0.05, 0) is 6.42 Å². The number of aliphatic imine (C=N–C) groups is 1. The van der Waals surface area contributed by atoms with Gasteiger partial charge in [0.05, 0.1) is 0 Å². The number of hydrogen-bond acceptors (Lipinski definition) is 2.